The molecule has 1 amide bonds. The van der Waals surface area contributed by atoms with E-state index in [0.29, 0.717) is 43.9 Å². The summed E-state index contributed by atoms with van der Waals surface area (Å²) in [5, 5.41) is 9.67. The van der Waals surface area contributed by atoms with Gasteiger partial charge in [0.2, 0.25) is 0 Å². The van der Waals surface area contributed by atoms with Crippen LogP contribution in [0.2, 0.25) is 0 Å². The molecule has 1 fully saturated rings. The van der Waals surface area contributed by atoms with Crippen LogP contribution < -0.4 is 0 Å². The van der Waals surface area contributed by atoms with Crippen LogP contribution in [0.5, 0.6) is 5.75 Å². The van der Waals surface area contributed by atoms with Crippen LogP contribution >= 0.6 is 0 Å². The average molecular weight is 386 g/mol. The van der Waals surface area contributed by atoms with E-state index in [2.05, 4.69) is 4.90 Å². The lowest BCUT2D eigenvalue weighted by atomic mass is 10.1. The highest BCUT2D eigenvalue weighted by Gasteiger charge is 2.23. The first kappa shape index (κ1) is 19.8. The van der Waals surface area contributed by atoms with Crippen molar-refractivity contribution in [2.45, 2.75) is 13.5 Å². The van der Waals surface area contributed by atoms with Crippen molar-refractivity contribution in [1.82, 2.24) is 9.80 Å². The zero-order chi connectivity index (χ0) is 20.1. The van der Waals surface area contributed by atoms with E-state index in [1.165, 1.54) is 12.1 Å². The fraction of sp³-hybridized carbons (Fsp3) is 0.333. The Morgan fingerprint density at radius 2 is 1.82 bits per heavy atom. The summed E-state index contributed by atoms with van der Waals surface area (Å²) in [7, 11) is 0. The Labute approximate surface area is 163 Å². The summed E-state index contributed by atoms with van der Waals surface area (Å²) in [6.45, 7) is 4.12. The number of carbonyl (C=O) groups excluding carboxylic acids is 2. The number of rotatable bonds is 5. The molecule has 7 heteroatoms. The van der Waals surface area contributed by atoms with E-state index in [1.54, 1.807) is 42.2 Å². The third-order valence-electron chi connectivity index (χ3n) is 4.85. The molecule has 28 heavy (non-hydrogen) atoms. The van der Waals surface area contributed by atoms with Gasteiger partial charge in [-0.25, -0.2) is 9.18 Å². The van der Waals surface area contributed by atoms with E-state index in [-0.39, 0.29) is 29.6 Å². The van der Waals surface area contributed by atoms with Crippen LogP contribution in [0.1, 0.15) is 21.5 Å². The van der Waals surface area contributed by atoms with Crippen molar-refractivity contribution < 1.29 is 23.8 Å². The van der Waals surface area contributed by atoms with Crippen molar-refractivity contribution in [3.63, 3.8) is 0 Å². The molecule has 2 aromatic carbocycles. The smallest absolute Gasteiger partial charge is 0.338 e. The summed E-state index contributed by atoms with van der Waals surface area (Å²) < 4.78 is 18.8. The number of piperazine rings is 1. The molecular formula is C21H23FN2O4. The number of carbonyl (C=O) groups is 2. The van der Waals surface area contributed by atoms with Crippen LogP contribution in [0, 0.1) is 12.7 Å². The topological polar surface area (TPSA) is 70.1 Å². The Morgan fingerprint density at radius 1 is 1.11 bits per heavy atom. The molecule has 0 bridgehead atoms. The molecule has 0 saturated carbocycles. The maximum Gasteiger partial charge on any atom is 0.338 e. The standard InChI is InChI=1S/C21H23FN2O4/c1-15-6-7-16(12-19(15)25)21(27)28-14-20(26)24-10-8-23(9-11-24)13-17-4-2-3-5-18(17)22/h2-7,12,25H,8-11,13-14H2,1H3. The molecule has 1 N–H and O–H groups in total. The SMILES string of the molecule is Cc1ccc(C(=O)OCC(=O)N2CCN(Cc3ccccc3F)CC2)cc1O. The van der Waals surface area contributed by atoms with Gasteiger partial charge in [-0.2, -0.15) is 0 Å². The maximum absolute atomic E-state index is 13.8. The van der Waals surface area contributed by atoms with Crippen LogP contribution in [-0.4, -0.2) is 59.6 Å². The van der Waals surface area contributed by atoms with E-state index in [9.17, 15) is 19.1 Å². The number of phenols is 1. The second-order valence-corrected chi connectivity index (χ2v) is 6.83. The molecule has 6 nitrogen and oxygen atoms in total. The largest absolute Gasteiger partial charge is 0.508 e. The van der Waals surface area contributed by atoms with Crippen LogP contribution in [0.25, 0.3) is 0 Å². The molecule has 2 aromatic rings. The van der Waals surface area contributed by atoms with Gasteiger partial charge in [0.25, 0.3) is 5.91 Å². The highest BCUT2D eigenvalue weighted by Crippen LogP contribution is 2.18. The Morgan fingerprint density at radius 3 is 2.50 bits per heavy atom. The first-order chi connectivity index (χ1) is 13.4. The van der Waals surface area contributed by atoms with Crippen molar-refractivity contribution >= 4 is 11.9 Å². The molecule has 0 radical (unpaired) electrons. The van der Waals surface area contributed by atoms with Crippen molar-refractivity contribution in [1.29, 1.82) is 0 Å². The Kier molecular flexibility index (Phi) is 6.26. The van der Waals surface area contributed by atoms with E-state index in [0.717, 1.165) is 0 Å². The fourth-order valence-corrected chi connectivity index (χ4v) is 3.06. The molecule has 1 saturated heterocycles. The van der Waals surface area contributed by atoms with Gasteiger partial charge in [-0.15, -0.1) is 0 Å². The minimum absolute atomic E-state index is 0.00625. The molecule has 1 aliphatic heterocycles. The van der Waals surface area contributed by atoms with E-state index in [1.807, 2.05) is 0 Å². The summed E-state index contributed by atoms with van der Waals surface area (Å²) in [6.07, 6.45) is 0. The molecule has 0 atom stereocenters. The molecule has 3 rings (SSSR count). The quantitative estimate of drug-likeness (QED) is 0.799. The predicted molar refractivity (Wildman–Crippen MR) is 101 cm³/mol. The number of hydrogen-bond acceptors (Lipinski definition) is 5. The summed E-state index contributed by atoms with van der Waals surface area (Å²) >= 11 is 0. The summed E-state index contributed by atoms with van der Waals surface area (Å²) in [4.78, 5) is 28.1. The molecule has 148 valence electrons. The van der Waals surface area contributed by atoms with Crippen molar-refractivity contribution in [3.05, 3.63) is 65.0 Å². The zero-order valence-electron chi connectivity index (χ0n) is 15.7. The van der Waals surface area contributed by atoms with Crippen LogP contribution in [-0.2, 0) is 16.1 Å². The van der Waals surface area contributed by atoms with Crippen molar-refractivity contribution in [3.8, 4) is 5.75 Å². The van der Waals surface area contributed by atoms with Gasteiger partial charge in [-0.05, 0) is 30.7 Å². The number of hydrogen-bond donors (Lipinski definition) is 1. The van der Waals surface area contributed by atoms with E-state index in [4.69, 9.17) is 4.74 Å². The third kappa shape index (κ3) is 4.86. The molecule has 0 unspecified atom stereocenters. The fourth-order valence-electron chi connectivity index (χ4n) is 3.06. The highest BCUT2D eigenvalue weighted by atomic mass is 19.1. The van der Waals surface area contributed by atoms with Crippen LogP contribution in [0.3, 0.4) is 0 Å². The predicted octanol–water partition coefficient (Wildman–Crippen LogP) is 2.34. The zero-order valence-corrected chi connectivity index (χ0v) is 15.7. The van der Waals surface area contributed by atoms with Crippen LogP contribution in [0.15, 0.2) is 42.5 Å². The lowest BCUT2D eigenvalue weighted by molar-refractivity contribution is -0.136. The van der Waals surface area contributed by atoms with Gasteiger partial charge in [0, 0.05) is 38.3 Å². The molecule has 1 heterocycles. The van der Waals surface area contributed by atoms with Gasteiger partial charge < -0.3 is 14.7 Å². The molecule has 0 spiro atoms. The second kappa shape index (κ2) is 8.84. The lowest BCUT2D eigenvalue weighted by Crippen LogP contribution is -2.49. The molecular weight excluding hydrogens is 363 g/mol. The number of nitrogens with zero attached hydrogens (tertiary/aromatic N) is 2. The van der Waals surface area contributed by atoms with Gasteiger partial charge in [-0.3, -0.25) is 9.69 Å². The summed E-state index contributed by atoms with van der Waals surface area (Å²) in [5.41, 5.74) is 1.49. The number of halogens is 1. The first-order valence-electron chi connectivity index (χ1n) is 9.14. The molecule has 0 aliphatic carbocycles. The van der Waals surface area contributed by atoms with Gasteiger partial charge in [0.1, 0.15) is 11.6 Å². The monoisotopic (exact) mass is 386 g/mol. The van der Waals surface area contributed by atoms with E-state index < -0.39 is 5.97 Å². The van der Waals surface area contributed by atoms with Gasteiger partial charge in [-0.1, -0.05) is 24.3 Å². The molecule has 0 aromatic heterocycles. The third-order valence-corrected chi connectivity index (χ3v) is 4.85. The number of ether oxygens (including phenoxy) is 1. The van der Waals surface area contributed by atoms with Crippen molar-refractivity contribution in [2.24, 2.45) is 0 Å². The number of esters is 1. The Bertz CT molecular complexity index is 863. The molecule has 1 aliphatic rings. The van der Waals surface area contributed by atoms with Crippen LogP contribution in [0.4, 0.5) is 4.39 Å². The lowest BCUT2D eigenvalue weighted by Gasteiger charge is -2.34. The summed E-state index contributed by atoms with van der Waals surface area (Å²) in [5.74, 6) is -1.14. The maximum atomic E-state index is 13.8. The number of aryl methyl sites for hydroxylation is 1. The minimum atomic E-state index is -0.651. The normalized spacial score (nSPS) is 14.7. The number of benzene rings is 2. The van der Waals surface area contributed by atoms with Gasteiger partial charge in [0.05, 0.1) is 5.56 Å². The second-order valence-electron chi connectivity index (χ2n) is 6.83. The summed E-state index contributed by atoms with van der Waals surface area (Å²) in [6, 6.07) is 11.1. The number of amides is 1. The Balaban J connectivity index is 1.45. The average Bonchev–Trinajstić information content (AvgIpc) is 2.70. The first-order valence-corrected chi connectivity index (χ1v) is 9.14. The number of phenolic OH excluding ortho intramolecular Hbond substituents is 1. The highest BCUT2D eigenvalue weighted by molar-refractivity contribution is 5.91. The minimum Gasteiger partial charge on any atom is -0.508 e. The number of aromatic hydroxyl groups is 1. The van der Waals surface area contributed by atoms with Gasteiger partial charge in [0.15, 0.2) is 6.61 Å². The Hall–Kier alpha value is -2.93. The van der Waals surface area contributed by atoms with E-state index >= 15 is 0 Å². The van der Waals surface area contributed by atoms with Crippen molar-refractivity contribution in [2.75, 3.05) is 32.8 Å². The van der Waals surface area contributed by atoms with Gasteiger partial charge >= 0.3 is 5.97 Å².